The molecule has 0 spiro atoms. The second-order valence-corrected chi connectivity index (χ2v) is 9.54. The van der Waals surface area contributed by atoms with Crippen molar-refractivity contribution in [3.8, 4) is 0 Å². The van der Waals surface area contributed by atoms with Crippen molar-refractivity contribution in [2.75, 3.05) is 13.2 Å². The highest BCUT2D eigenvalue weighted by atomic mass is 79.9. The van der Waals surface area contributed by atoms with Crippen LogP contribution in [0.25, 0.3) is 0 Å². The highest BCUT2D eigenvalue weighted by Gasteiger charge is 2.38. The molecule has 9 heteroatoms. The molecule has 0 N–H and O–H groups in total. The zero-order chi connectivity index (χ0) is 18.9. The average molecular weight is 539 g/mol. The Morgan fingerprint density at radius 1 is 0.833 bits per heavy atom. The van der Waals surface area contributed by atoms with E-state index in [4.69, 9.17) is 14.2 Å². The number of rotatable bonds is 10. The molecule has 0 heterocycles. The lowest BCUT2D eigenvalue weighted by Gasteiger charge is -2.33. The second-order valence-electron chi connectivity index (χ2n) is 5.42. The zero-order valence-electron chi connectivity index (χ0n) is 14.1. The summed E-state index contributed by atoms with van der Waals surface area (Å²) >= 11 is 9.39. The van der Waals surface area contributed by atoms with Crippen LogP contribution in [-0.2, 0) is 28.6 Å². The summed E-state index contributed by atoms with van der Waals surface area (Å²) in [4.78, 5) is 34.0. The molecule has 0 aromatic rings. The molecular formula is C15H23Br3O6. The van der Waals surface area contributed by atoms with Gasteiger partial charge in [-0.1, -0.05) is 61.1 Å². The Kier molecular flexibility index (Phi) is 11.4. The molecule has 0 saturated carbocycles. The summed E-state index contributed by atoms with van der Waals surface area (Å²) in [6.45, 7) is 6.39. The maximum Gasteiger partial charge on any atom is 0.320 e. The van der Waals surface area contributed by atoms with Gasteiger partial charge in [0.05, 0.1) is 0 Å². The van der Waals surface area contributed by atoms with Gasteiger partial charge in [-0.15, -0.1) is 0 Å². The fourth-order valence-electron chi connectivity index (χ4n) is 1.68. The molecule has 0 rings (SSSR count). The number of ether oxygens (including phenoxy) is 3. The predicted octanol–water partition coefficient (Wildman–Crippen LogP) is 3.51. The van der Waals surface area contributed by atoms with Crippen molar-refractivity contribution >= 4 is 65.7 Å². The Morgan fingerprint density at radius 3 is 1.50 bits per heavy atom. The third-order valence-corrected chi connectivity index (χ3v) is 4.07. The van der Waals surface area contributed by atoms with Crippen LogP contribution in [0.3, 0.4) is 0 Å². The average Bonchev–Trinajstić information content (AvgIpc) is 2.49. The van der Waals surface area contributed by atoms with Crippen molar-refractivity contribution in [3.05, 3.63) is 0 Å². The van der Waals surface area contributed by atoms with Crippen LogP contribution >= 0.6 is 47.8 Å². The molecule has 0 aromatic heterocycles. The number of hydrogen-bond acceptors (Lipinski definition) is 6. The van der Waals surface area contributed by atoms with E-state index in [1.807, 2.05) is 6.92 Å². The van der Waals surface area contributed by atoms with Crippen molar-refractivity contribution in [2.24, 2.45) is 0 Å². The predicted molar refractivity (Wildman–Crippen MR) is 101 cm³/mol. The van der Waals surface area contributed by atoms with Gasteiger partial charge in [0.25, 0.3) is 0 Å². The van der Waals surface area contributed by atoms with Gasteiger partial charge in [0, 0.05) is 0 Å². The topological polar surface area (TPSA) is 78.9 Å². The first-order valence-corrected chi connectivity index (χ1v) is 10.3. The molecule has 0 aromatic carbocycles. The van der Waals surface area contributed by atoms with Gasteiger partial charge in [0.1, 0.15) is 27.7 Å². The molecule has 3 unspecified atom stereocenters. The summed E-state index contributed by atoms with van der Waals surface area (Å²) in [6.07, 6.45) is 1.03. The molecule has 0 aliphatic carbocycles. The van der Waals surface area contributed by atoms with Crippen molar-refractivity contribution in [1.82, 2.24) is 0 Å². The lowest BCUT2D eigenvalue weighted by atomic mass is 9.99. The summed E-state index contributed by atoms with van der Waals surface area (Å²) in [5, 5.41) is 0. The molecule has 0 amide bonds. The van der Waals surface area contributed by atoms with Crippen LogP contribution in [0.2, 0.25) is 0 Å². The van der Waals surface area contributed by atoms with Crippen molar-refractivity contribution in [1.29, 1.82) is 0 Å². The molecule has 0 saturated heterocycles. The number of halogens is 3. The molecule has 24 heavy (non-hydrogen) atoms. The van der Waals surface area contributed by atoms with Crippen LogP contribution in [0, 0.1) is 0 Å². The Morgan fingerprint density at radius 2 is 1.21 bits per heavy atom. The van der Waals surface area contributed by atoms with Gasteiger partial charge in [0.2, 0.25) is 0 Å². The minimum absolute atomic E-state index is 0.189. The van der Waals surface area contributed by atoms with Gasteiger partial charge >= 0.3 is 17.9 Å². The SMILES string of the molecule is CCCC(COC(=O)C(C)Br)(COC(=O)C(C)Br)OC(=O)C(C)Br. The summed E-state index contributed by atoms with van der Waals surface area (Å²) in [7, 11) is 0. The third-order valence-electron chi connectivity index (χ3n) is 2.95. The lowest BCUT2D eigenvalue weighted by molar-refractivity contribution is -0.184. The molecule has 0 aliphatic rings. The van der Waals surface area contributed by atoms with Crippen LogP contribution in [0.15, 0.2) is 0 Å². The summed E-state index contributed by atoms with van der Waals surface area (Å²) in [6, 6.07) is 0. The Labute approximate surface area is 167 Å². The smallest absolute Gasteiger partial charge is 0.320 e. The van der Waals surface area contributed by atoms with Crippen LogP contribution < -0.4 is 0 Å². The van der Waals surface area contributed by atoms with Crippen LogP contribution in [0.1, 0.15) is 40.5 Å². The van der Waals surface area contributed by atoms with E-state index < -0.39 is 38.0 Å². The normalized spacial score (nSPS) is 17.1. The highest BCUT2D eigenvalue weighted by molar-refractivity contribution is 9.10. The Balaban J connectivity index is 5.24. The minimum Gasteiger partial charge on any atom is -0.460 e. The highest BCUT2D eigenvalue weighted by Crippen LogP contribution is 2.23. The fourth-order valence-corrected chi connectivity index (χ4v) is 2.04. The quantitative estimate of drug-likeness (QED) is 0.241. The first kappa shape index (κ1) is 23.9. The Hall–Kier alpha value is -0.150. The van der Waals surface area contributed by atoms with E-state index in [1.54, 1.807) is 20.8 Å². The molecule has 3 atom stereocenters. The summed E-state index contributed by atoms with van der Waals surface area (Å²) in [5.41, 5.74) is -1.22. The molecule has 6 nitrogen and oxygen atoms in total. The van der Waals surface area contributed by atoms with Gasteiger partial charge in [-0.05, 0) is 27.2 Å². The number of hydrogen-bond donors (Lipinski definition) is 0. The van der Waals surface area contributed by atoms with Crippen molar-refractivity contribution < 1.29 is 28.6 Å². The minimum atomic E-state index is -1.22. The van der Waals surface area contributed by atoms with Crippen LogP contribution in [0.4, 0.5) is 0 Å². The Bertz CT molecular complexity index is 413. The van der Waals surface area contributed by atoms with Gasteiger partial charge in [0.15, 0.2) is 5.60 Å². The van der Waals surface area contributed by atoms with E-state index >= 15 is 0 Å². The van der Waals surface area contributed by atoms with Gasteiger partial charge in [-0.3, -0.25) is 14.4 Å². The zero-order valence-corrected chi connectivity index (χ0v) is 18.9. The largest absolute Gasteiger partial charge is 0.460 e. The van der Waals surface area contributed by atoms with Gasteiger partial charge in [-0.2, -0.15) is 0 Å². The monoisotopic (exact) mass is 536 g/mol. The fraction of sp³-hybridized carbons (Fsp3) is 0.800. The molecule has 0 fully saturated rings. The van der Waals surface area contributed by atoms with Crippen LogP contribution in [-0.4, -0.2) is 51.2 Å². The maximum atomic E-state index is 12.0. The number of carbonyl (C=O) groups excluding carboxylic acids is 3. The lowest BCUT2D eigenvalue weighted by Crippen LogP contribution is -2.47. The van der Waals surface area contributed by atoms with E-state index in [-0.39, 0.29) is 13.2 Å². The molecular weight excluding hydrogens is 516 g/mol. The van der Waals surface area contributed by atoms with Crippen LogP contribution in [0.5, 0.6) is 0 Å². The molecule has 0 radical (unpaired) electrons. The molecule has 0 bridgehead atoms. The van der Waals surface area contributed by atoms with E-state index in [1.165, 1.54) is 0 Å². The van der Waals surface area contributed by atoms with E-state index in [0.717, 1.165) is 0 Å². The third kappa shape index (κ3) is 8.80. The first-order valence-electron chi connectivity index (χ1n) is 7.53. The van der Waals surface area contributed by atoms with Crippen molar-refractivity contribution in [3.63, 3.8) is 0 Å². The standard InChI is InChI=1S/C15H23Br3O6/c1-5-6-15(24-14(21)11(4)18,7-22-12(19)9(2)16)8-23-13(20)10(3)17/h9-11H,5-8H2,1-4H3. The number of esters is 3. The van der Waals surface area contributed by atoms with Gasteiger partial charge in [-0.25, -0.2) is 0 Å². The first-order chi connectivity index (χ1) is 11.0. The van der Waals surface area contributed by atoms with Crippen molar-refractivity contribution in [2.45, 2.75) is 60.6 Å². The van der Waals surface area contributed by atoms with E-state index in [9.17, 15) is 14.4 Å². The van der Waals surface area contributed by atoms with E-state index in [2.05, 4.69) is 47.8 Å². The maximum absolute atomic E-state index is 12.0. The summed E-state index contributed by atoms with van der Waals surface area (Å²) < 4.78 is 16.0. The summed E-state index contributed by atoms with van der Waals surface area (Å²) in [5.74, 6) is -1.49. The molecule has 140 valence electrons. The number of carbonyl (C=O) groups is 3. The van der Waals surface area contributed by atoms with Gasteiger partial charge < -0.3 is 14.2 Å². The number of alkyl halides is 3. The molecule has 0 aliphatic heterocycles. The second kappa shape index (κ2) is 11.5. The van der Waals surface area contributed by atoms with E-state index in [0.29, 0.717) is 12.8 Å².